The highest BCUT2D eigenvalue weighted by atomic mass is 16.5. The zero-order valence-corrected chi connectivity index (χ0v) is 13.4. The molecule has 1 aliphatic rings. The Hall–Kier alpha value is -1.40. The third-order valence-electron chi connectivity index (χ3n) is 3.69. The first-order valence-corrected chi connectivity index (χ1v) is 7.87. The van der Waals surface area contributed by atoms with Crippen LogP contribution < -0.4 is 10.2 Å². The zero-order chi connectivity index (χ0) is 15.1. The lowest BCUT2D eigenvalue weighted by molar-refractivity contribution is 0.128. The molecule has 21 heavy (non-hydrogen) atoms. The molecule has 1 fully saturated rings. The minimum Gasteiger partial charge on any atom is -0.374 e. The molecule has 1 aromatic rings. The van der Waals surface area contributed by atoms with Gasteiger partial charge in [-0.05, 0) is 19.9 Å². The number of rotatable bonds is 7. The van der Waals surface area contributed by atoms with Crippen LogP contribution in [-0.4, -0.2) is 61.2 Å². The first kappa shape index (κ1) is 16.0. The van der Waals surface area contributed by atoms with Crippen molar-refractivity contribution in [1.82, 2.24) is 14.9 Å². The molecule has 6 nitrogen and oxygen atoms in total. The van der Waals surface area contributed by atoms with E-state index in [0.29, 0.717) is 13.2 Å². The first-order chi connectivity index (χ1) is 10.3. The van der Waals surface area contributed by atoms with Crippen LogP contribution in [0.2, 0.25) is 0 Å². The summed E-state index contributed by atoms with van der Waals surface area (Å²) in [6.07, 6.45) is 1.22. The lowest BCUT2D eigenvalue weighted by atomic mass is 10.3. The van der Waals surface area contributed by atoms with Crippen LogP contribution in [0.1, 0.15) is 26.1 Å². The lowest BCUT2D eigenvalue weighted by Gasteiger charge is -2.35. The molecule has 0 aromatic carbocycles. The molecule has 0 unspecified atom stereocenters. The maximum Gasteiger partial charge on any atom is 0.158 e. The van der Waals surface area contributed by atoms with Crippen molar-refractivity contribution < 1.29 is 4.74 Å². The second kappa shape index (κ2) is 8.14. The van der Waals surface area contributed by atoms with Crippen LogP contribution in [0, 0.1) is 0 Å². The van der Waals surface area contributed by atoms with Gasteiger partial charge in [-0.3, -0.25) is 4.90 Å². The summed E-state index contributed by atoms with van der Waals surface area (Å²) in [7, 11) is 1.88. The van der Waals surface area contributed by atoms with Crippen LogP contribution >= 0.6 is 0 Å². The topological polar surface area (TPSA) is 53.5 Å². The highest BCUT2D eigenvalue weighted by Crippen LogP contribution is 2.18. The van der Waals surface area contributed by atoms with Gasteiger partial charge >= 0.3 is 0 Å². The Morgan fingerprint density at radius 3 is 2.57 bits per heavy atom. The van der Waals surface area contributed by atoms with E-state index < -0.39 is 0 Å². The van der Waals surface area contributed by atoms with E-state index in [0.717, 1.165) is 43.6 Å². The van der Waals surface area contributed by atoms with E-state index in [2.05, 4.69) is 32.0 Å². The number of anilines is 2. The number of hydrogen-bond acceptors (Lipinski definition) is 6. The number of nitrogens with one attached hydrogen (secondary N) is 1. The number of hydrogen-bond donors (Lipinski definition) is 1. The molecule has 0 atom stereocenters. The molecule has 0 spiro atoms. The second-order valence-corrected chi connectivity index (χ2v) is 5.24. The van der Waals surface area contributed by atoms with Gasteiger partial charge in [-0.25, -0.2) is 9.97 Å². The standard InChI is InChI=1S/C15H27N5O/c1-4-6-19-7-9-20(10-8-19)15-11-13(16-3)17-14(18-15)12-21-5-2/h11H,4-10,12H2,1-3H3,(H,16,17,18). The molecule has 118 valence electrons. The molecular formula is C15H27N5O. The van der Waals surface area contributed by atoms with Gasteiger partial charge in [-0.2, -0.15) is 0 Å². The van der Waals surface area contributed by atoms with Crippen molar-refractivity contribution in [2.24, 2.45) is 0 Å². The average Bonchev–Trinajstić information content (AvgIpc) is 2.53. The van der Waals surface area contributed by atoms with Crippen molar-refractivity contribution >= 4 is 11.6 Å². The van der Waals surface area contributed by atoms with Crippen LogP contribution in [0.25, 0.3) is 0 Å². The van der Waals surface area contributed by atoms with Gasteiger partial charge < -0.3 is 15.0 Å². The highest BCUT2D eigenvalue weighted by Gasteiger charge is 2.18. The molecule has 0 aliphatic carbocycles. The maximum atomic E-state index is 5.43. The SMILES string of the molecule is CCCN1CCN(c2cc(NC)nc(COCC)n2)CC1. The molecule has 2 rings (SSSR count). The molecule has 2 heterocycles. The quantitative estimate of drug-likeness (QED) is 0.824. The van der Waals surface area contributed by atoms with Crippen LogP contribution in [-0.2, 0) is 11.3 Å². The molecular weight excluding hydrogens is 266 g/mol. The Bertz CT molecular complexity index is 432. The predicted molar refractivity (Wildman–Crippen MR) is 85.9 cm³/mol. The van der Waals surface area contributed by atoms with Gasteiger partial charge in [0.15, 0.2) is 5.82 Å². The van der Waals surface area contributed by atoms with Gasteiger partial charge in [0.25, 0.3) is 0 Å². The summed E-state index contributed by atoms with van der Waals surface area (Å²) >= 11 is 0. The Balaban J connectivity index is 2.04. The monoisotopic (exact) mass is 293 g/mol. The fourth-order valence-electron chi connectivity index (χ4n) is 2.55. The Morgan fingerprint density at radius 2 is 1.95 bits per heavy atom. The molecule has 0 saturated carbocycles. The van der Waals surface area contributed by atoms with Gasteiger partial charge in [0.05, 0.1) is 0 Å². The number of aromatic nitrogens is 2. The molecule has 1 saturated heterocycles. The molecule has 1 N–H and O–H groups in total. The summed E-state index contributed by atoms with van der Waals surface area (Å²) in [4.78, 5) is 13.9. The number of nitrogens with zero attached hydrogens (tertiary/aromatic N) is 4. The van der Waals surface area contributed by atoms with Gasteiger partial charge in [-0.15, -0.1) is 0 Å². The van der Waals surface area contributed by atoms with E-state index in [1.807, 2.05) is 20.0 Å². The Kier molecular flexibility index (Phi) is 6.20. The summed E-state index contributed by atoms with van der Waals surface area (Å²) in [5, 5.41) is 3.11. The van der Waals surface area contributed by atoms with E-state index >= 15 is 0 Å². The molecule has 0 amide bonds. The van der Waals surface area contributed by atoms with Gasteiger partial charge in [0, 0.05) is 45.9 Å². The van der Waals surface area contributed by atoms with E-state index in [4.69, 9.17) is 4.74 Å². The predicted octanol–water partition coefficient (Wildman–Crippen LogP) is 1.59. The third-order valence-corrected chi connectivity index (χ3v) is 3.69. The number of piperazine rings is 1. The number of ether oxygens (including phenoxy) is 1. The largest absolute Gasteiger partial charge is 0.374 e. The smallest absolute Gasteiger partial charge is 0.158 e. The molecule has 0 radical (unpaired) electrons. The minimum atomic E-state index is 0.467. The van der Waals surface area contributed by atoms with Crippen LogP contribution in [0.5, 0.6) is 0 Å². The average molecular weight is 293 g/mol. The van der Waals surface area contributed by atoms with Crippen LogP contribution in [0.15, 0.2) is 6.07 Å². The second-order valence-electron chi connectivity index (χ2n) is 5.24. The van der Waals surface area contributed by atoms with Crippen molar-refractivity contribution in [2.45, 2.75) is 26.9 Å². The van der Waals surface area contributed by atoms with E-state index in [-0.39, 0.29) is 0 Å². The molecule has 6 heteroatoms. The Morgan fingerprint density at radius 1 is 1.19 bits per heavy atom. The lowest BCUT2D eigenvalue weighted by Crippen LogP contribution is -2.46. The summed E-state index contributed by atoms with van der Waals surface area (Å²) in [5.41, 5.74) is 0. The van der Waals surface area contributed by atoms with E-state index in [1.165, 1.54) is 13.0 Å². The molecule has 0 bridgehead atoms. The van der Waals surface area contributed by atoms with Crippen molar-refractivity contribution in [2.75, 3.05) is 56.6 Å². The summed E-state index contributed by atoms with van der Waals surface area (Å²) < 4.78 is 5.43. The Labute approximate surface area is 127 Å². The highest BCUT2D eigenvalue weighted by molar-refractivity contribution is 5.49. The first-order valence-electron chi connectivity index (χ1n) is 7.87. The van der Waals surface area contributed by atoms with Gasteiger partial charge in [-0.1, -0.05) is 6.92 Å². The van der Waals surface area contributed by atoms with Crippen LogP contribution in [0.3, 0.4) is 0 Å². The fraction of sp³-hybridized carbons (Fsp3) is 0.733. The van der Waals surface area contributed by atoms with Gasteiger partial charge in [0.2, 0.25) is 0 Å². The van der Waals surface area contributed by atoms with Crippen molar-refractivity contribution in [3.8, 4) is 0 Å². The molecule has 1 aromatic heterocycles. The summed E-state index contributed by atoms with van der Waals surface area (Å²) in [6, 6.07) is 2.02. The molecule has 1 aliphatic heterocycles. The minimum absolute atomic E-state index is 0.467. The van der Waals surface area contributed by atoms with Crippen molar-refractivity contribution in [1.29, 1.82) is 0 Å². The fourth-order valence-corrected chi connectivity index (χ4v) is 2.55. The van der Waals surface area contributed by atoms with Crippen molar-refractivity contribution in [3.05, 3.63) is 11.9 Å². The normalized spacial score (nSPS) is 16.2. The zero-order valence-electron chi connectivity index (χ0n) is 13.4. The van der Waals surface area contributed by atoms with Crippen LogP contribution in [0.4, 0.5) is 11.6 Å². The summed E-state index contributed by atoms with van der Waals surface area (Å²) in [5.74, 6) is 2.60. The third kappa shape index (κ3) is 4.54. The maximum absolute atomic E-state index is 5.43. The summed E-state index contributed by atoms with van der Waals surface area (Å²) in [6.45, 7) is 10.8. The van der Waals surface area contributed by atoms with Crippen molar-refractivity contribution in [3.63, 3.8) is 0 Å². The van der Waals surface area contributed by atoms with Gasteiger partial charge in [0.1, 0.15) is 18.2 Å². The van der Waals surface area contributed by atoms with E-state index in [9.17, 15) is 0 Å². The van der Waals surface area contributed by atoms with E-state index in [1.54, 1.807) is 0 Å².